The Kier molecular flexibility index (Phi) is 3.46. The molecule has 0 radical (unpaired) electrons. The van der Waals surface area contributed by atoms with Crippen molar-refractivity contribution in [2.45, 2.75) is 19.6 Å². The minimum atomic E-state index is -1.71. The highest BCUT2D eigenvalue weighted by Gasteiger charge is 2.47. The maximum absolute atomic E-state index is 12.1. The average molecular weight is 293 g/mol. The number of hydrogen-bond acceptors (Lipinski definition) is 7. The zero-order valence-corrected chi connectivity index (χ0v) is 11.2. The third-order valence-corrected chi connectivity index (χ3v) is 2.79. The van der Waals surface area contributed by atoms with Gasteiger partial charge in [0, 0.05) is 31.5 Å². The van der Waals surface area contributed by atoms with Gasteiger partial charge in [0.15, 0.2) is 5.78 Å². The number of esters is 2. The van der Waals surface area contributed by atoms with Gasteiger partial charge in [-0.25, -0.2) is 0 Å². The molecule has 110 valence electrons. The molecule has 0 aromatic heterocycles. The SMILES string of the molecule is CC1(C)OC(=O)C(C(=O)c2ccc([N+](=O)[O-])cc2)C(=O)O1. The van der Waals surface area contributed by atoms with Gasteiger partial charge in [0.05, 0.1) is 4.92 Å². The first-order valence-corrected chi connectivity index (χ1v) is 5.96. The molecule has 0 bridgehead atoms. The van der Waals surface area contributed by atoms with Crippen LogP contribution in [0.5, 0.6) is 0 Å². The highest BCUT2D eigenvalue weighted by molar-refractivity contribution is 6.21. The monoisotopic (exact) mass is 293 g/mol. The summed E-state index contributed by atoms with van der Waals surface area (Å²) in [6.45, 7) is 2.74. The quantitative estimate of drug-likeness (QED) is 0.271. The lowest BCUT2D eigenvalue weighted by atomic mass is 9.96. The number of nitrogens with zero attached hydrogens (tertiary/aromatic N) is 1. The van der Waals surface area contributed by atoms with E-state index in [9.17, 15) is 24.5 Å². The zero-order valence-electron chi connectivity index (χ0n) is 11.2. The highest BCUT2D eigenvalue weighted by atomic mass is 16.7. The topological polar surface area (TPSA) is 113 Å². The maximum Gasteiger partial charge on any atom is 0.331 e. The molecular formula is C13H11NO7. The van der Waals surface area contributed by atoms with Gasteiger partial charge in [-0.05, 0) is 12.1 Å². The first-order chi connectivity index (χ1) is 9.71. The summed E-state index contributed by atoms with van der Waals surface area (Å²) in [5, 5.41) is 10.5. The van der Waals surface area contributed by atoms with Crippen LogP contribution in [0, 0.1) is 16.0 Å². The lowest BCUT2D eigenvalue weighted by molar-refractivity contribution is -0.384. The van der Waals surface area contributed by atoms with Crippen molar-refractivity contribution in [2.24, 2.45) is 5.92 Å². The minimum Gasteiger partial charge on any atom is -0.422 e. The largest absolute Gasteiger partial charge is 0.422 e. The summed E-state index contributed by atoms with van der Waals surface area (Å²) in [5.74, 6) is -5.95. The highest BCUT2D eigenvalue weighted by Crippen LogP contribution is 2.26. The Hall–Kier alpha value is -2.77. The number of nitro groups is 1. The number of rotatable bonds is 3. The van der Waals surface area contributed by atoms with E-state index in [-0.39, 0.29) is 11.3 Å². The standard InChI is InChI=1S/C13H11NO7/c1-13(2)20-11(16)9(12(17)21-13)10(15)7-3-5-8(6-4-7)14(18)19/h3-6,9H,1-2H3. The van der Waals surface area contributed by atoms with Crippen LogP contribution in [0.2, 0.25) is 0 Å². The molecule has 2 rings (SSSR count). The number of carbonyl (C=O) groups excluding carboxylic acids is 3. The zero-order chi connectivity index (χ0) is 15.8. The van der Waals surface area contributed by atoms with Gasteiger partial charge in [-0.15, -0.1) is 0 Å². The molecule has 1 aromatic rings. The van der Waals surface area contributed by atoms with Crippen LogP contribution in [0.1, 0.15) is 24.2 Å². The van der Waals surface area contributed by atoms with Gasteiger partial charge in [0.2, 0.25) is 5.92 Å². The van der Waals surface area contributed by atoms with Gasteiger partial charge in [-0.3, -0.25) is 24.5 Å². The minimum absolute atomic E-state index is 0.0146. The fraction of sp³-hybridized carbons (Fsp3) is 0.308. The van der Waals surface area contributed by atoms with Crippen LogP contribution < -0.4 is 0 Å². The van der Waals surface area contributed by atoms with Crippen LogP contribution in [0.3, 0.4) is 0 Å². The van der Waals surface area contributed by atoms with Crippen LogP contribution >= 0.6 is 0 Å². The number of Topliss-reactive ketones (excluding diaryl/α,β-unsaturated/α-hetero) is 1. The lowest BCUT2D eigenvalue weighted by Gasteiger charge is -2.32. The van der Waals surface area contributed by atoms with E-state index in [1.165, 1.54) is 26.0 Å². The van der Waals surface area contributed by atoms with Crippen LogP contribution in [0.15, 0.2) is 24.3 Å². The molecule has 0 atom stereocenters. The molecule has 1 aromatic carbocycles. The van der Waals surface area contributed by atoms with Crippen molar-refractivity contribution in [1.82, 2.24) is 0 Å². The first kappa shape index (κ1) is 14.6. The van der Waals surface area contributed by atoms with Gasteiger partial charge in [-0.2, -0.15) is 0 Å². The van der Waals surface area contributed by atoms with E-state index in [4.69, 9.17) is 9.47 Å². The van der Waals surface area contributed by atoms with E-state index < -0.39 is 34.4 Å². The van der Waals surface area contributed by atoms with E-state index in [0.29, 0.717) is 0 Å². The lowest BCUT2D eigenvalue weighted by Crippen LogP contribution is -2.49. The molecule has 21 heavy (non-hydrogen) atoms. The Morgan fingerprint density at radius 2 is 1.62 bits per heavy atom. The van der Waals surface area contributed by atoms with Gasteiger partial charge in [-0.1, -0.05) is 0 Å². The Labute approximate surface area is 118 Å². The Morgan fingerprint density at radius 3 is 2.05 bits per heavy atom. The van der Waals surface area contributed by atoms with E-state index >= 15 is 0 Å². The molecule has 0 aliphatic carbocycles. The Morgan fingerprint density at radius 1 is 1.14 bits per heavy atom. The Bertz CT molecular complexity index is 612. The number of ether oxygens (including phenoxy) is 2. The van der Waals surface area contributed by atoms with Gasteiger partial charge in [0.25, 0.3) is 11.5 Å². The Balaban J connectivity index is 2.25. The summed E-state index contributed by atoms with van der Waals surface area (Å²) in [6, 6.07) is 4.55. The first-order valence-electron chi connectivity index (χ1n) is 5.96. The van der Waals surface area contributed by atoms with E-state index in [2.05, 4.69) is 0 Å². The van der Waals surface area contributed by atoms with E-state index in [0.717, 1.165) is 12.1 Å². The summed E-state index contributed by atoms with van der Waals surface area (Å²) >= 11 is 0. The molecule has 0 unspecified atom stereocenters. The van der Waals surface area contributed by atoms with Crippen molar-refractivity contribution in [1.29, 1.82) is 0 Å². The maximum atomic E-state index is 12.1. The van der Waals surface area contributed by atoms with Crippen molar-refractivity contribution in [3.05, 3.63) is 39.9 Å². The van der Waals surface area contributed by atoms with Crippen LogP contribution in [-0.4, -0.2) is 28.4 Å². The van der Waals surface area contributed by atoms with Gasteiger partial charge >= 0.3 is 11.9 Å². The fourth-order valence-corrected chi connectivity index (χ4v) is 1.85. The molecule has 1 saturated heterocycles. The molecule has 1 aliphatic rings. The summed E-state index contributed by atoms with van der Waals surface area (Å²) in [7, 11) is 0. The van der Waals surface area contributed by atoms with Gasteiger partial charge < -0.3 is 9.47 Å². The molecule has 0 N–H and O–H groups in total. The second-order valence-electron chi connectivity index (χ2n) is 4.84. The predicted octanol–water partition coefficient (Wildman–Crippen LogP) is 1.23. The molecule has 8 heteroatoms. The third kappa shape index (κ3) is 2.88. The average Bonchev–Trinajstić information content (AvgIpc) is 2.36. The van der Waals surface area contributed by atoms with Crippen molar-refractivity contribution < 1.29 is 28.8 Å². The van der Waals surface area contributed by atoms with Crippen molar-refractivity contribution >= 4 is 23.4 Å². The summed E-state index contributed by atoms with van der Waals surface area (Å²) in [4.78, 5) is 45.6. The molecule has 0 amide bonds. The number of hydrogen-bond donors (Lipinski definition) is 0. The van der Waals surface area contributed by atoms with E-state index in [1.54, 1.807) is 0 Å². The number of nitro benzene ring substituents is 1. The second kappa shape index (κ2) is 4.97. The molecule has 0 saturated carbocycles. The summed E-state index contributed by atoms with van der Waals surface area (Å²) in [5.41, 5.74) is -0.222. The second-order valence-corrected chi connectivity index (χ2v) is 4.84. The number of ketones is 1. The van der Waals surface area contributed by atoms with Crippen LogP contribution in [-0.2, 0) is 19.1 Å². The van der Waals surface area contributed by atoms with Gasteiger partial charge in [0.1, 0.15) is 0 Å². The van der Waals surface area contributed by atoms with Crippen molar-refractivity contribution in [2.75, 3.05) is 0 Å². The number of non-ortho nitro benzene ring substituents is 1. The van der Waals surface area contributed by atoms with Crippen molar-refractivity contribution in [3.63, 3.8) is 0 Å². The van der Waals surface area contributed by atoms with Crippen LogP contribution in [0.25, 0.3) is 0 Å². The molecular weight excluding hydrogens is 282 g/mol. The molecule has 0 spiro atoms. The third-order valence-electron chi connectivity index (χ3n) is 2.79. The van der Waals surface area contributed by atoms with E-state index in [1.807, 2.05) is 0 Å². The summed E-state index contributed by atoms with van der Waals surface area (Å²) < 4.78 is 9.70. The number of carbonyl (C=O) groups is 3. The fourth-order valence-electron chi connectivity index (χ4n) is 1.85. The van der Waals surface area contributed by atoms with Crippen molar-refractivity contribution in [3.8, 4) is 0 Å². The predicted molar refractivity (Wildman–Crippen MR) is 67.2 cm³/mol. The molecule has 1 aliphatic heterocycles. The molecule has 1 fully saturated rings. The molecule has 1 heterocycles. The normalized spacial score (nSPS) is 17.8. The number of cyclic esters (lactones) is 2. The van der Waals surface area contributed by atoms with Crippen LogP contribution in [0.4, 0.5) is 5.69 Å². The molecule has 8 nitrogen and oxygen atoms in total. The summed E-state index contributed by atoms with van der Waals surface area (Å²) in [6.07, 6.45) is 0. The number of benzene rings is 1. The smallest absolute Gasteiger partial charge is 0.331 e.